The van der Waals surface area contributed by atoms with Crippen molar-refractivity contribution >= 4 is 35.4 Å². The smallest absolute Gasteiger partial charge is 0.347 e. The maximum atomic E-state index is 13.9. The summed E-state index contributed by atoms with van der Waals surface area (Å²) >= 11 is 6.32. The van der Waals surface area contributed by atoms with Gasteiger partial charge in [0.2, 0.25) is 11.8 Å². The number of esters is 2. The second-order valence-electron chi connectivity index (χ2n) is 13.5. The first-order valence-electron chi connectivity index (χ1n) is 16.0. The van der Waals surface area contributed by atoms with Crippen LogP contribution in [0.25, 0.3) is 0 Å². The maximum Gasteiger partial charge on any atom is 0.347 e. The summed E-state index contributed by atoms with van der Waals surface area (Å²) in [5.74, 6) is -3.16. The highest BCUT2D eigenvalue weighted by molar-refractivity contribution is 6.31. The van der Waals surface area contributed by atoms with E-state index in [2.05, 4.69) is 10.6 Å². The molecular formula is C36H44ClFN2O7. The number of halogens is 2. The molecule has 47 heavy (non-hydrogen) atoms. The van der Waals surface area contributed by atoms with Crippen LogP contribution in [0.5, 0.6) is 0 Å². The lowest BCUT2D eigenvalue weighted by Gasteiger charge is -2.29. The van der Waals surface area contributed by atoms with Crippen molar-refractivity contribution in [3.63, 3.8) is 0 Å². The standard InChI is InChI=1S/C36H44ClFN2O7/c1-20(2)15-29-34(43)45-28(22(4)31-32(47-31)24-9-7-10-25(38)18-24)11-8-12-30(41)40-27(17-23-14-13-21(3)26(37)16-23)33(42)39-19-36(5,6)35(44)46-29/h7-10,12-14,16,18,20,22,27-29,31-32H,11,15,17,19H2,1-6H3,(H,39,42)(H,40,41)/b12-8+. The third-order valence-corrected chi connectivity index (χ3v) is 8.88. The van der Waals surface area contributed by atoms with E-state index in [4.69, 9.17) is 25.8 Å². The van der Waals surface area contributed by atoms with E-state index in [1.165, 1.54) is 18.2 Å². The van der Waals surface area contributed by atoms with Crippen molar-refractivity contribution in [3.05, 3.63) is 82.1 Å². The van der Waals surface area contributed by atoms with E-state index in [1.807, 2.05) is 39.8 Å². The summed E-state index contributed by atoms with van der Waals surface area (Å²) < 4.78 is 31.5. The maximum absolute atomic E-state index is 13.9. The Morgan fingerprint density at radius 1 is 1.04 bits per heavy atom. The Morgan fingerprint density at radius 2 is 1.79 bits per heavy atom. The van der Waals surface area contributed by atoms with Gasteiger partial charge in [0, 0.05) is 30.3 Å². The number of carbonyl (C=O) groups excluding carboxylic acids is 4. The third kappa shape index (κ3) is 9.87. The molecule has 2 aliphatic heterocycles. The molecule has 9 nitrogen and oxygen atoms in total. The zero-order valence-corrected chi connectivity index (χ0v) is 28.4. The summed E-state index contributed by atoms with van der Waals surface area (Å²) in [5.41, 5.74) is 1.08. The topological polar surface area (TPSA) is 123 Å². The minimum atomic E-state index is -1.21. The largest absolute Gasteiger partial charge is 0.459 e. The second-order valence-corrected chi connectivity index (χ2v) is 13.9. The fraction of sp³-hybridized carbons (Fsp3) is 0.500. The van der Waals surface area contributed by atoms with Crippen molar-refractivity contribution in [2.45, 2.75) is 91.3 Å². The molecule has 2 aliphatic rings. The van der Waals surface area contributed by atoms with Gasteiger partial charge in [-0.15, -0.1) is 0 Å². The molecule has 2 N–H and O–H groups in total. The van der Waals surface area contributed by atoms with Gasteiger partial charge in [-0.05, 0) is 74.1 Å². The van der Waals surface area contributed by atoms with E-state index in [0.29, 0.717) is 10.6 Å². The predicted octanol–water partition coefficient (Wildman–Crippen LogP) is 5.56. The second kappa shape index (κ2) is 15.4. The Morgan fingerprint density at radius 3 is 2.47 bits per heavy atom. The van der Waals surface area contributed by atoms with Gasteiger partial charge in [0.1, 0.15) is 24.1 Å². The van der Waals surface area contributed by atoms with Crippen LogP contribution in [0.4, 0.5) is 4.39 Å². The number of epoxide rings is 1. The molecule has 1 saturated heterocycles. The van der Waals surface area contributed by atoms with Gasteiger partial charge >= 0.3 is 11.9 Å². The molecular weight excluding hydrogens is 627 g/mol. The number of cyclic esters (lactones) is 2. The van der Waals surface area contributed by atoms with E-state index >= 15 is 0 Å². The average molecular weight is 671 g/mol. The van der Waals surface area contributed by atoms with Gasteiger partial charge in [-0.2, -0.15) is 0 Å². The van der Waals surface area contributed by atoms with Gasteiger partial charge < -0.3 is 24.8 Å². The monoisotopic (exact) mass is 670 g/mol. The molecule has 2 aromatic carbocycles. The lowest BCUT2D eigenvalue weighted by Crippen LogP contribution is -2.51. The summed E-state index contributed by atoms with van der Waals surface area (Å²) in [7, 11) is 0. The summed E-state index contributed by atoms with van der Waals surface area (Å²) in [6.45, 7) is 10.6. The van der Waals surface area contributed by atoms with Crippen LogP contribution in [-0.2, 0) is 39.8 Å². The third-order valence-electron chi connectivity index (χ3n) is 8.48. The van der Waals surface area contributed by atoms with Crippen molar-refractivity contribution < 1.29 is 37.8 Å². The van der Waals surface area contributed by atoms with Gasteiger partial charge in [0.25, 0.3) is 0 Å². The van der Waals surface area contributed by atoms with Crippen LogP contribution in [0.3, 0.4) is 0 Å². The molecule has 6 unspecified atom stereocenters. The lowest BCUT2D eigenvalue weighted by atomic mass is 9.92. The zero-order chi connectivity index (χ0) is 34.5. The Hall–Kier alpha value is -3.76. The molecule has 0 bridgehead atoms. The van der Waals surface area contributed by atoms with Crippen LogP contribution in [-0.4, -0.2) is 54.7 Å². The normalized spacial score (nSPS) is 26.9. The molecule has 0 aliphatic carbocycles. The molecule has 2 amide bonds. The predicted molar refractivity (Wildman–Crippen MR) is 175 cm³/mol. The van der Waals surface area contributed by atoms with Crippen LogP contribution in [0, 0.1) is 30.0 Å². The van der Waals surface area contributed by atoms with Gasteiger partial charge in [0.15, 0.2) is 6.10 Å². The highest BCUT2D eigenvalue weighted by Gasteiger charge is 2.48. The molecule has 0 saturated carbocycles. The number of hydrogen-bond donors (Lipinski definition) is 2. The Bertz CT molecular complexity index is 1510. The number of aryl methyl sites for hydroxylation is 1. The quantitative estimate of drug-likeness (QED) is 0.292. The molecule has 0 aromatic heterocycles. The number of benzene rings is 2. The van der Waals surface area contributed by atoms with Crippen molar-refractivity contribution in [1.29, 1.82) is 0 Å². The number of ether oxygens (including phenoxy) is 3. The molecule has 6 atom stereocenters. The van der Waals surface area contributed by atoms with Gasteiger partial charge in [-0.1, -0.05) is 62.7 Å². The van der Waals surface area contributed by atoms with E-state index in [9.17, 15) is 23.6 Å². The molecule has 11 heteroatoms. The Balaban J connectivity index is 1.61. The summed E-state index contributed by atoms with van der Waals surface area (Å²) in [4.78, 5) is 53.5. The van der Waals surface area contributed by atoms with Crippen LogP contribution in [0.1, 0.15) is 70.3 Å². The summed E-state index contributed by atoms with van der Waals surface area (Å²) in [6.07, 6.45) is 0.671. The van der Waals surface area contributed by atoms with E-state index in [0.717, 1.165) is 11.1 Å². The van der Waals surface area contributed by atoms with Crippen LogP contribution in [0.15, 0.2) is 54.6 Å². The highest BCUT2D eigenvalue weighted by atomic mass is 35.5. The Labute approximate surface area is 280 Å². The van der Waals surface area contributed by atoms with Crippen LogP contribution >= 0.6 is 11.6 Å². The molecule has 0 spiro atoms. The van der Waals surface area contributed by atoms with Crippen molar-refractivity contribution in [1.82, 2.24) is 10.6 Å². The van der Waals surface area contributed by atoms with E-state index in [-0.39, 0.29) is 55.7 Å². The molecule has 1 fully saturated rings. The highest BCUT2D eigenvalue weighted by Crippen LogP contribution is 2.45. The summed E-state index contributed by atoms with van der Waals surface area (Å²) in [6, 6.07) is 10.6. The Kier molecular flexibility index (Phi) is 11.8. The fourth-order valence-electron chi connectivity index (χ4n) is 5.43. The SMILES string of the molecule is Cc1ccc(CC2NC(=O)/C=C/CC(C(C)C3OC3c3cccc(F)c3)OC(=O)C(CC(C)C)OC(=O)C(C)(C)CNC2=O)cc1Cl. The van der Waals surface area contributed by atoms with Gasteiger partial charge in [-0.25, -0.2) is 9.18 Å². The number of rotatable bonds is 7. The first-order valence-corrected chi connectivity index (χ1v) is 16.3. The molecule has 0 radical (unpaired) electrons. The number of hydrogen-bond acceptors (Lipinski definition) is 7. The number of nitrogens with one attached hydrogen (secondary N) is 2. The lowest BCUT2D eigenvalue weighted by molar-refractivity contribution is -0.179. The van der Waals surface area contributed by atoms with Crippen molar-refractivity contribution in [3.8, 4) is 0 Å². The average Bonchev–Trinajstić information content (AvgIpc) is 3.80. The van der Waals surface area contributed by atoms with Crippen LogP contribution < -0.4 is 10.6 Å². The minimum Gasteiger partial charge on any atom is -0.459 e. The number of amides is 2. The van der Waals surface area contributed by atoms with Gasteiger partial charge in [0.05, 0.1) is 11.5 Å². The van der Waals surface area contributed by atoms with E-state index in [1.54, 1.807) is 38.1 Å². The van der Waals surface area contributed by atoms with E-state index < -0.39 is 47.4 Å². The van der Waals surface area contributed by atoms with Crippen molar-refractivity contribution in [2.75, 3.05) is 6.54 Å². The minimum absolute atomic E-state index is 0.00613. The first kappa shape index (κ1) is 36.1. The molecule has 2 heterocycles. The zero-order valence-electron chi connectivity index (χ0n) is 27.7. The van der Waals surface area contributed by atoms with Gasteiger partial charge in [-0.3, -0.25) is 14.4 Å². The molecule has 2 aromatic rings. The molecule has 4 rings (SSSR count). The first-order chi connectivity index (χ1) is 22.1. The number of carbonyl (C=O) groups is 4. The van der Waals surface area contributed by atoms with Crippen molar-refractivity contribution in [2.24, 2.45) is 17.3 Å². The fourth-order valence-corrected chi connectivity index (χ4v) is 5.64. The molecule has 254 valence electrons. The summed E-state index contributed by atoms with van der Waals surface area (Å²) in [5, 5.41) is 6.06. The van der Waals surface area contributed by atoms with Crippen LogP contribution in [0.2, 0.25) is 5.02 Å².